The molecule has 0 bridgehead atoms. The number of rotatable bonds is 3. The van der Waals surface area contributed by atoms with Crippen molar-refractivity contribution in [1.82, 2.24) is 4.98 Å². The quantitative estimate of drug-likeness (QED) is 0.198. The largest absolute Gasteiger partial charge is 0.454 e. The molecule has 0 N–H and O–H groups in total. The molecular formula is C42H24N2O. The van der Waals surface area contributed by atoms with Gasteiger partial charge < -0.3 is 4.42 Å². The average Bonchev–Trinajstić information content (AvgIpc) is 3.51. The molecule has 0 fully saturated rings. The molecule has 7 aromatic carbocycles. The first-order valence-electron chi connectivity index (χ1n) is 15.0. The van der Waals surface area contributed by atoms with Gasteiger partial charge in [0, 0.05) is 27.5 Å². The van der Waals surface area contributed by atoms with Crippen LogP contribution in [0.3, 0.4) is 0 Å². The molecular weight excluding hydrogens is 548 g/mol. The van der Waals surface area contributed by atoms with Crippen molar-refractivity contribution in [1.29, 1.82) is 5.26 Å². The topological polar surface area (TPSA) is 49.8 Å². The Morgan fingerprint density at radius 1 is 0.422 bits per heavy atom. The van der Waals surface area contributed by atoms with Crippen molar-refractivity contribution in [3.63, 3.8) is 0 Å². The molecule has 3 heteroatoms. The van der Waals surface area contributed by atoms with Crippen LogP contribution in [0.5, 0.6) is 0 Å². The van der Waals surface area contributed by atoms with Gasteiger partial charge >= 0.3 is 0 Å². The molecule has 9 rings (SSSR count). The summed E-state index contributed by atoms with van der Waals surface area (Å²) in [6.07, 6.45) is 0. The number of furan rings is 1. The van der Waals surface area contributed by atoms with Gasteiger partial charge in [0.2, 0.25) is 0 Å². The van der Waals surface area contributed by atoms with E-state index in [1.54, 1.807) is 0 Å². The highest BCUT2D eigenvalue weighted by Crippen LogP contribution is 2.44. The van der Waals surface area contributed by atoms with E-state index in [0.717, 1.165) is 60.8 Å². The Morgan fingerprint density at radius 2 is 0.978 bits per heavy atom. The summed E-state index contributed by atoms with van der Waals surface area (Å²) in [6, 6.07) is 52.8. The number of nitrogens with zero attached hydrogens (tertiary/aromatic N) is 2. The molecule has 0 saturated heterocycles. The Hall–Kier alpha value is -6.24. The molecule has 0 amide bonds. The minimum atomic E-state index is 0.543. The van der Waals surface area contributed by atoms with E-state index in [9.17, 15) is 5.26 Å². The van der Waals surface area contributed by atoms with Crippen LogP contribution >= 0.6 is 0 Å². The standard InChI is InChI=1S/C42H24N2O/c43-25-27-13-8-18-32-33-19-9-20-34(42(33)45-41(27)32)35-23-36-30-16-6-7-17-31(30)38(24-37(36)29-15-5-4-14-28(29)35)40-22-10-21-39(44-40)26-11-2-1-3-12-26/h1-24H. The lowest BCUT2D eigenvalue weighted by molar-refractivity contribution is 0.669. The van der Waals surface area contributed by atoms with Gasteiger partial charge in [-0.15, -0.1) is 0 Å². The van der Waals surface area contributed by atoms with Crippen molar-refractivity contribution >= 4 is 54.3 Å². The molecule has 45 heavy (non-hydrogen) atoms. The van der Waals surface area contributed by atoms with E-state index in [4.69, 9.17) is 9.40 Å². The Labute approximate surface area is 259 Å². The van der Waals surface area contributed by atoms with Gasteiger partial charge in [0.25, 0.3) is 0 Å². The Kier molecular flexibility index (Phi) is 5.57. The lowest BCUT2D eigenvalue weighted by Gasteiger charge is -2.16. The lowest BCUT2D eigenvalue weighted by atomic mass is 9.88. The van der Waals surface area contributed by atoms with Gasteiger partial charge in [0.05, 0.1) is 17.0 Å². The summed E-state index contributed by atoms with van der Waals surface area (Å²) in [7, 11) is 0. The highest BCUT2D eigenvalue weighted by Gasteiger charge is 2.19. The van der Waals surface area contributed by atoms with Gasteiger partial charge in [0.1, 0.15) is 11.7 Å². The third-order valence-corrected chi connectivity index (χ3v) is 8.91. The third kappa shape index (κ3) is 3.87. The first-order chi connectivity index (χ1) is 22.3. The van der Waals surface area contributed by atoms with Crippen molar-refractivity contribution in [3.8, 4) is 39.7 Å². The van der Waals surface area contributed by atoms with E-state index in [1.165, 1.54) is 21.5 Å². The minimum absolute atomic E-state index is 0.543. The van der Waals surface area contributed by atoms with E-state index >= 15 is 0 Å². The third-order valence-electron chi connectivity index (χ3n) is 8.91. The molecule has 0 aliphatic heterocycles. The van der Waals surface area contributed by atoms with Gasteiger partial charge in [-0.3, -0.25) is 0 Å². The van der Waals surface area contributed by atoms with Crippen LogP contribution in [0, 0.1) is 11.3 Å². The summed E-state index contributed by atoms with van der Waals surface area (Å²) in [6.45, 7) is 0. The van der Waals surface area contributed by atoms with Crippen LogP contribution in [-0.2, 0) is 0 Å². The van der Waals surface area contributed by atoms with Crippen LogP contribution in [0.1, 0.15) is 5.56 Å². The normalized spacial score (nSPS) is 11.5. The fraction of sp³-hybridized carbons (Fsp3) is 0. The van der Waals surface area contributed by atoms with Crippen LogP contribution in [0.15, 0.2) is 150 Å². The Balaban J connectivity index is 1.36. The van der Waals surface area contributed by atoms with Gasteiger partial charge in [-0.05, 0) is 68.2 Å². The lowest BCUT2D eigenvalue weighted by Crippen LogP contribution is -1.92. The molecule has 0 aliphatic carbocycles. The number of hydrogen-bond acceptors (Lipinski definition) is 3. The van der Waals surface area contributed by atoms with Gasteiger partial charge in [0.15, 0.2) is 5.58 Å². The molecule has 2 aromatic heterocycles. The maximum absolute atomic E-state index is 9.77. The first kappa shape index (κ1) is 25.3. The van der Waals surface area contributed by atoms with Crippen LogP contribution in [0.4, 0.5) is 0 Å². The zero-order chi connectivity index (χ0) is 29.9. The Morgan fingerprint density at radius 3 is 1.71 bits per heavy atom. The van der Waals surface area contributed by atoms with Gasteiger partial charge in [-0.1, -0.05) is 115 Å². The number of pyridine rings is 1. The number of nitriles is 1. The fourth-order valence-corrected chi connectivity index (χ4v) is 6.86. The fourth-order valence-electron chi connectivity index (χ4n) is 6.86. The number of aromatic nitrogens is 1. The minimum Gasteiger partial charge on any atom is -0.454 e. The smallest absolute Gasteiger partial charge is 0.153 e. The SMILES string of the molecule is N#Cc1cccc2c1oc1c(-c3cc4c5ccccc5c(-c5cccc(-c6ccccc6)n5)cc4c4ccccc34)cccc12. The van der Waals surface area contributed by atoms with Crippen molar-refractivity contribution in [2.45, 2.75) is 0 Å². The molecule has 2 heterocycles. The molecule has 0 aliphatic rings. The molecule has 3 nitrogen and oxygen atoms in total. The number of fused-ring (bicyclic) bond motifs is 8. The average molecular weight is 573 g/mol. The zero-order valence-electron chi connectivity index (χ0n) is 24.2. The second-order valence-electron chi connectivity index (χ2n) is 11.4. The van der Waals surface area contributed by atoms with Crippen LogP contribution in [0.2, 0.25) is 0 Å². The molecule has 9 aromatic rings. The van der Waals surface area contributed by atoms with E-state index in [1.807, 2.05) is 36.4 Å². The van der Waals surface area contributed by atoms with Gasteiger partial charge in [-0.2, -0.15) is 5.26 Å². The van der Waals surface area contributed by atoms with E-state index in [0.29, 0.717) is 11.1 Å². The van der Waals surface area contributed by atoms with E-state index in [-0.39, 0.29) is 0 Å². The summed E-state index contributed by atoms with van der Waals surface area (Å²) >= 11 is 0. The molecule has 0 saturated carbocycles. The van der Waals surface area contributed by atoms with Crippen LogP contribution < -0.4 is 0 Å². The number of benzene rings is 7. The van der Waals surface area contributed by atoms with Crippen molar-refractivity contribution in [2.24, 2.45) is 0 Å². The maximum atomic E-state index is 9.77. The molecule has 0 unspecified atom stereocenters. The van der Waals surface area contributed by atoms with E-state index in [2.05, 4.69) is 115 Å². The monoisotopic (exact) mass is 572 g/mol. The second-order valence-corrected chi connectivity index (χ2v) is 11.4. The van der Waals surface area contributed by atoms with Crippen LogP contribution in [-0.4, -0.2) is 4.98 Å². The highest BCUT2D eigenvalue weighted by molar-refractivity contribution is 6.25. The van der Waals surface area contributed by atoms with Crippen molar-refractivity contribution in [2.75, 3.05) is 0 Å². The summed E-state index contributed by atoms with van der Waals surface area (Å²) in [5.41, 5.74) is 8.19. The van der Waals surface area contributed by atoms with Crippen LogP contribution in [0.25, 0.3) is 87.9 Å². The van der Waals surface area contributed by atoms with Crippen molar-refractivity contribution < 1.29 is 4.42 Å². The highest BCUT2D eigenvalue weighted by atomic mass is 16.3. The summed E-state index contributed by atoms with van der Waals surface area (Å²) in [5, 5.41) is 18.7. The summed E-state index contributed by atoms with van der Waals surface area (Å²) in [5.74, 6) is 0. The molecule has 0 radical (unpaired) electrons. The zero-order valence-corrected chi connectivity index (χ0v) is 24.2. The first-order valence-corrected chi connectivity index (χ1v) is 15.0. The summed E-state index contributed by atoms with van der Waals surface area (Å²) in [4.78, 5) is 5.15. The predicted octanol–water partition coefficient (Wildman–Crippen LogP) is 11.3. The summed E-state index contributed by atoms with van der Waals surface area (Å²) < 4.78 is 6.50. The molecule has 0 atom stereocenters. The predicted molar refractivity (Wildman–Crippen MR) is 185 cm³/mol. The van der Waals surface area contributed by atoms with E-state index < -0.39 is 0 Å². The van der Waals surface area contributed by atoms with Gasteiger partial charge in [-0.25, -0.2) is 4.98 Å². The Bertz CT molecular complexity index is 2660. The molecule has 208 valence electrons. The van der Waals surface area contributed by atoms with Crippen molar-refractivity contribution in [3.05, 3.63) is 151 Å². The maximum Gasteiger partial charge on any atom is 0.153 e. The molecule has 0 spiro atoms. The second kappa shape index (κ2) is 9.91. The number of hydrogen-bond donors (Lipinski definition) is 0. The number of para-hydroxylation sites is 2.